The van der Waals surface area contributed by atoms with Gasteiger partial charge in [-0.1, -0.05) is 54.6 Å². The van der Waals surface area contributed by atoms with E-state index in [4.69, 9.17) is 0 Å². The van der Waals surface area contributed by atoms with Crippen LogP contribution < -0.4 is 10.0 Å². The monoisotopic (exact) mass is 356 g/mol. The molecule has 4 nitrogen and oxygen atoms in total. The van der Waals surface area contributed by atoms with E-state index in [1.807, 2.05) is 6.07 Å². The lowest BCUT2D eigenvalue weighted by atomic mass is 10.2. The van der Waals surface area contributed by atoms with Gasteiger partial charge in [-0.25, -0.2) is 12.8 Å². The average molecular weight is 356 g/mol. The highest BCUT2D eigenvalue weighted by Gasteiger charge is 2.29. The van der Waals surface area contributed by atoms with Crippen molar-refractivity contribution in [2.45, 2.75) is 5.37 Å². The normalized spacial score (nSPS) is 12.4. The fraction of sp³-hybridized carbons (Fsp3) is 0.0526. The zero-order valence-corrected chi connectivity index (χ0v) is 14.1. The largest absolute Gasteiger partial charge is 0.364 e. The SMILES string of the molecule is O=S(=O)(Nc1ccccc1)[C@@H](Nc1ccccc1)c1ccccc1F. The van der Waals surface area contributed by atoms with Crippen LogP contribution in [0.1, 0.15) is 10.9 Å². The molecule has 0 unspecified atom stereocenters. The summed E-state index contributed by atoms with van der Waals surface area (Å²) in [6, 6.07) is 23.2. The molecule has 25 heavy (non-hydrogen) atoms. The van der Waals surface area contributed by atoms with Gasteiger partial charge < -0.3 is 5.32 Å². The van der Waals surface area contributed by atoms with E-state index in [9.17, 15) is 12.8 Å². The number of para-hydroxylation sites is 2. The number of benzene rings is 3. The van der Waals surface area contributed by atoms with Crippen LogP contribution in [0.2, 0.25) is 0 Å². The van der Waals surface area contributed by atoms with Crippen LogP contribution in [0.4, 0.5) is 15.8 Å². The van der Waals surface area contributed by atoms with Gasteiger partial charge in [-0.3, -0.25) is 4.72 Å². The summed E-state index contributed by atoms with van der Waals surface area (Å²) < 4.78 is 42.6. The average Bonchev–Trinajstić information content (AvgIpc) is 2.62. The van der Waals surface area contributed by atoms with Gasteiger partial charge in [-0.05, 0) is 30.3 Å². The van der Waals surface area contributed by atoms with Crippen LogP contribution >= 0.6 is 0 Å². The number of nitrogens with one attached hydrogen (secondary N) is 2. The van der Waals surface area contributed by atoms with Gasteiger partial charge in [-0.15, -0.1) is 0 Å². The number of hydrogen-bond acceptors (Lipinski definition) is 3. The molecule has 3 aromatic rings. The van der Waals surface area contributed by atoms with Crippen molar-refractivity contribution in [2.24, 2.45) is 0 Å². The van der Waals surface area contributed by atoms with Crippen molar-refractivity contribution in [3.05, 3.63) is 96.3 Å². The summed E-state index contributed by atoms with van der Waals surface area (Å²) in [7, 11) is -3.95. The minimum Gasteiger partial charge on any atom is -0.364 e. The van der Waals surface area contributed by atoms with E-state index in [1.54, 1.807) is 60.7 Å². The Bertz CT molecular complexity index is 932. The summed E-state index contributed by atoms with van der Waals surface area (Å²) in [6.45, 7) is 0. The maximum Gasteiger partial charge on any atom is 0.258 e. The van der Waals surface area contributed by atoms with Crippen LogP contribution in [-0.2, 0) is 10.0 Å². The van der Waals surface area contributed by atoms with E-state index in [2.05, 4.69) is 10.0 Å². The summed E-state index contributed by atoms with van der Waals surface area (Å²) in [5.74, 6) is -0.589. The molecule has 0 bridgehead atoms. The third kappa shape index (κ3) is 4.16. The highest BCUT2D eigenvalue weighted by molar-refractivity contribution is 7.93. The second kappa shape index (κ2) is 7.36. The van der Waals surface area contributed by atoms with Crippen LogP contribution in [-0.4, -0.2) is 8.42 Å². The molecule has 0 heterocycles. The molecule has 3 aromatic carbocycles. The molecule has 0 aliphatic carbocycles. The highest BCUT2D eigenvalue weighted by atomic mass is 32.2. The Morgan fingerprint density at radius 2 is 1.24 bits per heavy atom. The second-order valence-electron chi connectivity index (χ2n) is 5.43. The van der Waals surface area contributed by atoms with Gasteiger partial charge in [0.15, 0.2) is 5.37 Å². The first kappa shape index (κ1) is 17.0. The smallest absolute Gasteiger partial charge is 0.258 e. The van der Waals surface area contributed by atoms with Gasteiger partial charge in [0, 0.05) is 16.9 Å². The first-order valence-electron chi connectivity index (χ1n) is 7.69. The highest BCUT2D eigenvalue weighted by Crippen LogP contribution is 2.28. The van der Waals surface area contributed by atoms with Crippen molar-refractivity contribution in [3.63, 3.8) is 0 Å². The van der Waals surface area contributed by atoms with E-state index in [0.717, 1.165) is 0 Å². The molecule has 0 radical (unpaired) electrons. The van der Waals surface area contributed by atoms with Crippen molar-refractivity contribution in [1.29, 1.82) is 0 Å². The maximum absolute atomic E-state index is 14.3. The lowest BCUT2D eigenvalue weighted by Crippen LogP contribution is -2.28. The minimum absolute atomic E-state index is 0.0507. The maximum atomic E-state index is 14.3. The van der Waals surface area contributed by atoms with Crippen molar-refractivity contribution in [3.8, 4) is 0 Å². The van der Waals surface area contributed by atoms with Crippen LogP contribution in [0.25, 0.3) is 0 Å². The number of rotatable bonds is 6. The predicted molar refractivity (Wildman–Crippen MR) is 98.2 cm³/mol. The van der Waals surface area contributed by atoms with Crippen molar-refractivity contribution >= 4 is 21.4 Å². The molecule has 6 heteroatoms. The molecular formula is C19H17FN2O2S. The third-order valence-electron chi connectivity index (χ3n) is 3.60. The predicted octanol–water partition coefficient (Wildman–Crippen LogP) is 4.38. The molecule has 0 aliphatic heterocycles. The topological polar surface area (TPSA) is 58.2 Å². The van der Waals surface area contributed by atoms with E-state index >= 15 is 0 Å². The summed E-state index contributed by atoms with van der Waals surface area (Å²) >= 11 is 0. The third-order valence-corrected chi connectivity index (χ3v) is 5.12. The summed E-state index contributed by atoms with van der Waals surface area (Å²) in [4.78, 5) is 0. The number of anilines is 2. The van der Waals surface area contributed by atoms with Crippen molar-refractivity contribution in [1.82, 2.24) is 0 Å². The molecule has 0 spiro atoms. The summed E-state index contributed by atoms with van der Waals surface area (Å²) in [6.07, 6.45) is 0. The van der Waals surface area contributed by atoms with Gasteiger partial charge >= 0.3 is 0 Å². The van der Waals surface area contributed by atoms with Gasteiger partial charge in [0.1, 0.15) is 5.82 Å². The molecule has 2 N–H and O–H groups in total. The van der Waals surface area contributed by atoms with Gasteiger partial charge in [-0.2, -0.15) is 0 Å². The first-order valence-corrected chi connectivity index (χ1v) is 9.23. The zero-order valence-electron chi connectivity index (χ0n) is 13.3. The summed E-state index contributed by atoms with van der Waals surface area (Å²) in [5, 5.41) is 1.62. The Hall–Kier alpha value is -2.86. The Morgan fingerprint density at radius 3 is 1.84 bits per heavy atom. The van der Waals surface area contributed by atoms with E-state index in [0.29, 0.717) is 11.4 Å². The fourth-order valence-corrected chi connectivity index (χ4v) is 3.82. The molecule has 1 atom stereocenters. The molecule has 0 aromatic heterocycles. The molecular weight excluding hydrogens is 339 g/mol. The molecule has 0 amide bonds. The van der Waals surface area contributed by atoms with Gasteiger partial charge in [0.05, 0.1) is 0 Å². The lowest BCUT2D eigenvalue weighted by Gasteiger charge is -2.22. The molecule has 3 rings (SSSR count). The number of hydrogen-bond donors (Lipinski definition) is 2. The summed E-state index contributed by atoms with van der Waals surface area (Å²) in [5.41, 5.74) is 1.04. The Kier molecular flexibility index (Phi) is 5.00. The fourth-order valence-electron chi connectivity index (χ4n) is 2.43. The number of sulfonamides is 1. The van der Waals surface area contributed by atoms with Crippen LogP contribution in [0.3, 0.4) is 0 Å². The Labute approximate surface area is 146 Å². The lowest BCUT2D eigenvalue weighted by molar-refractivity contribution is 0.579. The van der Waals surface area contributed by atoms with Crippen molar-refractivity contribution in [2.75, 3.05) is 10.0 Å². The van der Waals surface area contributed by atoms with Crippen molar-refractivity contribution < 1.29 is 12.8 Å². The molecule has 0 saturated heterocycles. The quantitative estimate of drug-likeness (QED) is 0.689. The van der Waals surface area contributed by atoms with Crippen LogP contribution in [0.5, 0.6) is 0 Å². The first-order chi connectivity index (χ1) is 12.1. The van der Waals surface area contributed by atoms with Crippen LogP contribution in [0, 0.1) is 5.82 Å². The molecule has 0 fully saturated rings. The standard InChI is InChI=1S/C19H17FN2O2S/c20-18-14-8-7-13-17(18)19(21-15-9-3-1-4-10-15)25(23,24)22-16-11-5-2-6-12-16/h1-14,19,21-22H/t19-/m1/s1. The van der Waals surface area contributed by atoms with Gasteiger partial charge in [0.2, 0.25) is 0 Å². The van der Waals surface area contributed by atoms with Crippen LogP contribution in [0.15, 0.2) is 84.9 Å². The number of halogens is 1. The van der Waals surface area contributed by atoms with E-state index < -0.39 is 21.2 Å². The molecule has 0 aliphatic rings. The molecule has 128 valence electrons. The Balaban J connectivity index is 1.99. The molecule has 0 saturated carbocycles. The van der Waals surface area contributed by atoms with E-state index in [-0.39, 0.29) is 5.56 Å². The Morgan fingerprint density at radius 1 is 0.720 bits per heavy atom. The minimum atomic E-state index is -3.95. The zero-order chi connectivity index (χ0) is 17.7. The van der Waals surface area contributed by atoms with E-state index in [1.165, 1.54) is 18.2 Å². The second-order valence-corrected chi connectivity index (χ2v) is 7.19. The van der Waals surface area contributed by atoms with Gasteiger partial charge in [0.25, 0.3) is 10.0 Å².